The molecule has 0 radical (unpaired) electrons. The Kier molecular flexibility index (Phi) is 1.86. The summed E-state index contributed by atoms with van der Waals surface area (Å²) in [5.41, 5.74) is 3.45. The molecule has 0 N–H and O–H groups in total. The van der Waals surface area contributed by atoms with Crippen LogP contribution < -0.4 is 0 Å². The van der Waals surface area contributed by atoms with Crippen LogP contribution in [0.2, 0.25) is 0 Å². The first-order valence-corrected chi connectivity index (χ1v) is 5.32. The molecule has 0 spiro atoms. The Morgan fingerprint density at radius 1 is 1.06 bits per heavy atom. The third-order valence-electron chi connectivity index (χ3n) is 2.83. The molecule has 3 aromatic rings. The van der Waals surface area contributed by atoms with Crippen LogP contribution in [0, 0.1) is 6.92 Å². The molecule has 2 aromatic heterocycles. The van der Waals surface area contributed by atoms with E-state index in [0.29, 0.717) is 0 Å². The lowest BCUT2D eigenvalue weighted by Crippen LogP contribution is -1.92. The Hall–Kier alpha value is -2.03. The van der Waals surface area contributed by atoms with E-state index >= 15 is 0 Å². The monoisotopic (exact) mass is 211 g/mol. The average Bonchev–Trinajstić information content (AvgIpc) is 2.79. The third-order valence-corrected chi connectivity index (χ3v) is 2.83. The number of rotatable bonds is 1. The number of hydrogen-bond acceptors (Lipinski definition) is 1. The molecule has 0 saturated carbocycles. The second-order valence-electron chi connectivity index (χ2n) is 4.03. The van der Waals surface area contributed by atoms with Crippen molar-refractivity contribution < 1.29 is 0 Å². The quantitative estimate of drug-likeness (QED) is 0.606. The first-order chi connectivity index (χ1) is 7.75. The molecular weight excluding hydrogens is 198 g/mol. The van der Waals surface area contributed by atoms with E-state index in [-0.39, 0.29) is 0 Å². The van der Waals surface area contributed by atoms with E-state index in [2.05, 4.69) is 44.4 Å². The zero-order valence-electron chi connectivity index (χ0n) is 9.38. The summed E-state index contributed by atoms with van der Waals surface area (Å²) in [5, 5.41) is 0. The molecule has 0 saturated heterocycles. The van der Waals surface area contributed by atoms with Gasteiger partial charge in [-0.05, 0) is 12.5 Å². The van der Waals surface area contributed by atoms with Gasteiger partial charge in [-0.25, -0.2) is 4.98 Å². The van der Waals surface area contributed by atoms with Crippen LogP contribution in [-0.2, 0) is 7.05 Å². The van der Waals surface area contributed by atoms with Gasteiger partial charge in [0.2, 0.25) is 5.78 Å². The summed E-state index contributed by atoms with van der Waals surface area (Å²) in [6, 6.07) is 10.4. The molecule has 0 aliphatic carbocycles. The van der Waals surface area contributed by atoms with E-state index in [4.69, 9.17) is 0 Å². The minimum atomic E-state index is 0.983. The van der Waals surface area contributed by atoms with E-state index in [0.717, 1.165) is 11.5 Å². The van der Waals surface area contributed by atoms with Crippen molar-refractivity contribution in [3.63, 3.8) is 0 Å². The van der Waals surface area contributed by atoms with E-state index in [1.165, 1.54) is 11.3 Å². The number of fused-ring (bicyclic) bond motifs is 1. The van der Waals surface area contributed by atoms with Crippen LogP contribution >= 0.6 is 0 Å². The van der Waals surface area contributed by atoms with Gasteiger partial charge >= 0.3 is 0 Å². The molecule has 2 heterocycles. The van der Waals surface area contributed by atoms with E-state index in [9.17, 15) is 0 Å². The van der Waals surface area contributed by atoms with Crippen LogP contribution in [-0.4, -0.2) is 14.0 Å². The molecule has 0 bridgehead atoms. The number of benzene rings is 1. The lowest BCUT2D eigenvalue weighted by Gasteiger charge is -2.01. The molecule has 0 unspecified atom stereocenters. The summed E-state index contributed by atoms with van der Waals surface area (Å²) in [4.78, 5) is 4.48. The fourth-order valence-electron chi connectivity index (χ4n) is 2.05. The molecule has 16 heavy (non-hydrogen) atoms. The Morgan fingerprint density at radius 3 is 2.50 bits per heavy atom. The maximum atomic E-state index is 4.48. The van der Waals surface area contributed by atoms with Gasteiger partial charge in [-0.3, -0.25) is 4.40 Å². The summed E-state index contributed by atoms with van der Waals surface area (Å²) in [6.45, 7) is 2.01. The zero-order chi connectivity index (χ0) is 11.1. The van der Waals surface area contributed by atoms with Crippen molar-refractivity contribution in [2.45, 2.75) is 6.92 Å². The van der Waals surface area contributed by atoms with Gasteiger partial charge in [0.25, 0.3) is 0 Å². The van der Waals surface area contributed by atoms with Gasteiger partial charge in [0.1, 0.15) is 0 Å². The molecule has 0 fully saturated rings. The predicted octanol–water partition coefficient (Wildman–Crippen LogP) is 2.65. The van der Waals surface area contributed by atoms with Crippen LogP contribution in [0.3, 0.4) is 0 Å². The molecule has 0 atom stereocenters. The molecule has 3 nitrogen and oxygen atoms in total. The maximum absolute atomic E-state index is 4.48. The molecule has 0 aliphatic heterocycles. The Labute approximate surface area is 94.0 Å². The largest absolute Gasteiger partial charge is 0.313 e. The summed E-state index contributed by atoms with van der Waals surface area (Å²) in [6.07, 6.45) is 4.16. The summed E-state index contributed by atoms with van der Waals surface area (Å²) in [7, 11) is 2.05. The predicted molar refractivity (Wildman–Crippen MR) is 64.3 cm³/mol. The Morgan fingerprint density at radius 2 is 1.81 bits per heavy atom. The van der Waals surface area contributed by atoms with Crippen LogP contribution in [0.25, 0.3) is 17.0 Å². The lowest BCUT2D eigenvalue weighted by atomic mass is 10.2. The molecule has 3 rings (SSSR count). The highest BCUT2D eigenvalue weighted by molar-refractivity contribution is 5.62. The fourth-order valence-corrected chi connectivity index (χ4v) is 2.05. The fraction of sp³-hybridized carbons (Fsp3) is 0.154. The summed E-state index contributed by atoms with van der Waals surface area (Å²) in [5.74, 6) is 0.983. The molecular formula is C13H13N3. The standard InChI is InChI=1S/C13H13N3/c1-10-8-16-9-12(15(2)13(16)14-10)11-6-4-3-5-7-11/h3-9H,1-2H3. The van der Waals surface area contributed by atoms with Gasteiger partial charge in [0.15, 0.2) is 0 Å². The highest BCUT2D eigenvalue weighted by Gasteiger charge is 2.08. The van der Waals surface area contributed by atoms with Crippen molar-refractivity contribution >= 4 is 5.78 Å². The summed E-state index contributed by atoms with van der Waals surface area (Å²) >= 11 is 0. The van der Waals surface area contributed by atoms with Crippen LogP contribution in [0.5, 0.6) is 0 Å². The van der Waals surface area contributed by atoms with Gasteiger partial charge in [-0.2, -0.15) is 0 Å². The molecule has 3 heteroatoms. The number of aryl methyl sites for hydroxylation is 2. The zero-order valence-corrected chi connectivity index (χ0v) is 9.38. The van der Waals surface area contributed by atoms with Gasteiger partial charge in [0, 0.05) is 19.4 Å². The number of aromatic nitrogens is 3. The first kappa shape index (κ1) is 9.21. The van der Waals surface area contributed by atoms with Crippen molar-refractivity contribution in [1.82, 2.24) is 14.0 Å². The smallest absolute Gasteiger partial charge is 0.214 e. The Balaban J connectivity index is 2.25. The van der Waals surface area contributed by atoms with Gasteiger partial charge < -0.3 is 4.57 Å². The average molecular weight is 211 g/mol. The second kappa shape index (κ2) is 3.23. The van der Waals surface area contributed by atoms with Gasteiger partial charge in [0.05, 0.1) is 11.4 Å². The molecule has 1 aromatic carbocycles. The normalized spacial score (nSPS) is 11.1. The third kappa shape index (κ3) is 1.25. The number of imidazole rings is 2. The van der Waals surface area contributed by atoms with Crippen molar-refractivity contribution in [1.29, 1.82) is 0 Å². The van der Waals surface area contributed by atoms with Crippen LogP contribution in [0.4, 0.5) is 0 Å². The topological polar surface area (TPSA) is 22.2 Å². The van der Waals surface area contributed by atoms with Crippen molar-refractivity contribution in [2.24, 2.45) is 7.05 Å². The van der Waals surface area contributed by atoms with Gasteiger partial charge in [-0.1, -0.05) is 30.3 Å². The highest BCUT2D eigenvalue weighted by Crippen LogP contribution is 2.21. The van der Waals surface area contributed by atoms with E-state index in [1.807, 2.05) is 26.2 Å². The Bertz CT molecular complexity index is 632. The first-order valence-electron chi connectivity index (χ1n) is 5.32. The van der Waals surface area contributed by atoms with Crippen LogP contribution in [0.1, 0.15) is 5.69 Å². The lowest BCUT2D eigenvalue weighted by molar-refractivity contribution is 0.943. The molecule has 0 amide bonds. The van der Waals surface area contributed by atoms with Crippen molar-refractivity contribution in [3.8, 4) is 11.3 Å². The molecule has 0 aliphatic rings. The van der Waals surface area contributed by atoms with E-state index in [1.54, 1.807) is 0 Å². The van der Waals surface area contributed by atoms with Gasteiger partial charge in [-0.15, -0.1) is 0 Å². The van der Waals surface area contributed by atoms with Crippen molar-refractivity contribution in [2.75, 3.05) is 0 Å². The second-order valence-corrected chi connectivity index (χ2v) is 4.03. The number of nitrogens with zero attached hydrogens (tertiary/aromatic N) is 3. The molecule has 80 valence electrons. The SMILES string of the molecule is Cc1cn2cc(-c3ccccc3)n(C)c2n1. The summed E-state index contributed by atoms with van der Waals surface area (Å²) < 4.78 is 4.18. The number of hydrogen-bond donors (Lipinski definition) is 0. The minimum Gasteiger partial charge on any atom is -0.313 e. The van der Waals surface area contributed by atoms with Crippen molar-refractivity contribution in [3.05, 3.63) is 48.4 Å². The minimum absolute atomic E-state index is 0.983. The highest BCUT2D eigenvalue weighted by atomic mass is 15.2. The van der Waals surface area contributed by atoms with E-state index < -0.39 is 0 Å². The van der Waals surface area contributed by atoms with Crippen LogP contribution in [0.15, 0.2) is 42.7 Å². The maximum Gasteiger partial charge on any atom is 0.214 e.